The Kier molecular flexibility index (Phi) is 12.9. The Balaban J connectivity index is 5.95. The highest BCUT2D eigenvalue weighted by atomic mass is 32.3. The number of esters is 1. The summed E-state index contributed by atoms with van der Waals surface area (Å²) in [6, 6.07) is 0. The van der Waals surface area contributed by atoms with Crippen LogP contribution in [0.3, 0.4) is 0 Å². The molecule has 14 nitrogen and oxygen atoms in total. The Morgan fingerprint density at radius 3 is 2.03 bits per heavy atom. The molecule has 4 atom stereocenters. The molecule has 0 aliphatic carbocycles. The van der Waals surface area contributed by atoms with Crippen LogP contribution in [0.1, 0.15) is 47.5 Å². The van der Waals surface area contributed by atoms with Crippen molar-refractivity contribution in [1.29, 1.82) is 0 Å². The third-order valence-electron chi connectivity index (χ3n) is 5.21. The van der Waals surface area contributed by atoms with Crippen molar-refractivity contribution in [3.63, 3.8) is 0 Å². The fourth-order valence-electron chi connectivity index (χ4n) is 3.02. The van der Waals surface area contributed by atoms with Gasteiger partial charge in [0.2, 0.25) is 5.91 Å². The van der Waals surface area contributed by atoms with E-state index in [1.807, 2.05) is 0 Å². The fraction of sp³-hybridized carbons (Fsp3) is 0.810. The van der Waals surface area contributed by atoms with E-state index in [0.717, 1.165) is 6.92 Å². The van der Waals surface area contributed by atoms with Crippen LogP contribution in [0.15, 0.2) is 0 Å². The lowest BCUT2D eigenvalue weighted by Gasteiger charge is -2.35. The van der Waals surface area contributed by atoms with E-state index in [4.69, 9.17) is 14.0 Å². The predicted molar refractivity (Wildman–Crippen MR) is 125 cm³/mol. The normalized spacial score (nSPS) is 16.5. The number of nitrogens with one attached hydrogen (secondary N) is 1. The number of nitrogens with zero attached hydrogens (tertiary/aromatic N) is 1. The molecular weight excluding hydrogens is 504 g/mol. The molecule has 0 aromatic carbocycles. The number of carboxylic acid groups (broad SMARTS) is 2. The number of carboxylic acids is 2. The maximum Gasteiger partial charge on any atom is 0.397 e. The van der Waals surface area contributed by atoms with Crippen LogP contribution in [0.5, 0.6) is 0 Å². The van der Waals surface area contributed by atoms with E-state index in [1.54, 1.807) is 25.9 Å². The maximum absolute atomic E-state index is 13.0. The second-order valence-electron chi connectivity index (χ2n) is 9.55. The number of rotatable bonds is 17. The van der Waals surface area contributed by atoms with Crippen LogP contribution < -0.4 is 5.32 Å². The minimum atomic E-state index is -4.75. The molecule has 0 rings (SSSR count). The first-order chi connectivity index (χ1) is 16.2. The average molecular weight is 543 g/mol. The largest absolute Gasteiger partial charge is 0.481 e. The highest BCUT2D eigenvalue weighted by Gasteiger charge is 2.46. The molecule has 0 aromatic heterocycles. The molecule has 0 aliphatic rings. The molecule has 0 saturated heterocycles. The van der Waals surface area contributed by atoms with Gasteiger partial charge in [0, 0.05) is 12.5 Å². The van der Waals surface area contributed by atoms with Gasteiger partial charge in [-0.25, -0.2) is 13.8 Å². The molecule has 1 amide bonds. The van der Waals surface area contributed by atoms with Gasteiger partial charge in [0.15, 0.2) is 11.7 Å². The lowest BCUT2D eigenvalue weighted by molar-refractivity contribution is -0.195. The summed E-state index contributed by atoms with van der Waals surface area (Å²) in [5.41, 5.74) is -3.28. The first-order valence-electron chi connectivity index (χ1n) is 11.1. The highest BCUT2D eigenvalue weighted by molar-refractivity contribution is 7.80. The van der Waals surface area contributed by atoms with Crippen LogP contribution in [-0.2, 0) is 43.2 Å². The van der Waals surface area contributed by atoms with Crippen molar-refractivity contribution >= 4 is 34.2 Å². The summed E-state index contributed by atoms with van der Waals surface area (Å²) in [6.07, 6.45) is -2.15. The molecule has 4 N–H and O–H groups in total. The van der Waals surface area contributed by atoms with E-state index in [2.05, 4.69) is 9.50 Å². The molecule has 0 aliphatic heterocycles. The molecule has 210 valence electrons. The Bertz CT molecular complexity index is 889. The van der Waals surface area contributed by atoms with Crippen molar-refractivity contribution in [2.45, 2.75) is 64.7 Å². The number of carbonyl (C=O) groups is 4. The molecule has 4 unspecified atom stereocenters. The summed E-state index contributed by atoms with van der Waals surface area (Å²) in [5.74, 6) is -7.18. The van der Waals surface area contributed by atoms with E-state index in [0.29, 0.717) is 6.54 Å². The summed E-state index contributed by atoms with van der Waals surface area (Å²) in [4.78, 5) is 50.9. The quantitative estimate of drug-likeness (QED) is 0.143. The number of likely N-dealkylation sites (N-methyl/N-ethyl adjacent to an activating group) is 1. The van der Waals surface area contributed by atoms with Gasteiger partial charge in [-0.3, -0.25) is 14.1 Å². The molecule has 15 heteroatoms. The maximum atomic E-state index is 13.0. The van der Waals surface area contributed by atoms with Gasteiger partial charge in [0.1, 0.15) is 6.61 Å². The molecule has 0 radical (unpaired) electrons. The van der Waals surface area contributed by atoms with E-state index in [-0.39, 0.29) is 19.4 Å². The Morgan fingerprint density at radius 2 is 1.61 bits per heavy atom. The van der Waals surface area contributed by atoms with E-state index in [1.165, 1.54) is 20.8 Å². The second kappa shape index (κ2) is 13.8. The van der Waals surface area contributed by atoms with E-state index < -0.39 is 69.9 Å². The second-order valence-corrected chi connectivity index (χ2v) is 10.6. The van der Waals surface area contributed by atoms with Crippen LogP contribution in [-0.4, -0.2) is 103 Å². The number of aliphatic carboxylic acids is 2. The van der Waals surface area contributed by atoms with Crippen molar-refractivity contribution in [2.24, 2.45) is 11.8 Å². The third kappa shape index (κ3) is 12.1. The zero-order valence-corrected chi connectivity index (χ0v) is 22.5. The Hall–Kier alpha value is -2.33. The summed E-state index contributed by atoms with van der Waals surface area (Å²) >= 11 is 0. The van der Waals surface area contributed by atoms with Gasteiger partial charge in [0.05, 0.1) is 18.1 Å². The van der Waals surface area contributed by atoms with Gasteiger partial charge in [-0.2, -0.15) is 8.42 Å². The fourth-order valence-corrected chi connectivity index (χ4v) is 3.46. The molecule has 36 heavy (non-hydrogen) atoms. The van der Waals surface area contributed by atoms with Crippen molar-refractivity contribution in [3.05, 3.63) is 0 Å². The van der Waals surface area contributed by atoms with Crippen molar-refractivity contribution in [2.75, 3.05) is 33.9 Å². The van der Waals surface area contributed by atoms with Crippen LogP contribution in [0.25, 0.3) is 0 Å². The zero-order chi connectivity index (χ0) is 28.5. The number of ether oxygens (including phenoxy) is 2. The minimum absolute atomic E-state index is 0.0694. The Morgan fingerprint density at radius 1 is 1.06 bits per heavy atom. The predicted octanol–water partition coefficient (Wildman–Crippen LogP) is 0.171. The van der Waals surface area contributed by atoms with Crippen LogP contribution in [0, 0.1) is 11.8 Å². The van der Waals surface area contributed by atoms with Crippen LogP contribution in [0.4, 0.5) is 0 Å². The number of amides is 1. The summed E-state index contributed by atoms with van der Waals surface area (Å²) < 4.78 is 45.6. The summed E-state index contributed by atoms with van der Waals surface area (Å²) in [5, 5.41) is 21.4. The van der Waals surface area contributed by atoms with Gasteiger partial charge in [-0.15, -0.1) is 0 Å². The van der Waals surface area contributed by atoms with E-state index >= 15 is 0 Å². The average Bonchev–Trinajstić information content (AvgIpc) is 2.72. The van der Waals surface area contributed by atoms with Gasteiger partial charge >= 0.3 is 28.3 Å². The third-order valence-corrected chi connectivity index (χ3v) is 5.62. The molecule has 0 spiro atoms. The topological polar surface area (TPSA) is 206 Å². The van der Waals surface area contributed by atoms with Crippen LogP contribution >= 0.6 is 0 Å². The lowest BCUT2D eigenvalue weighted by Crippen LogP contribution is -2.53. The number of hydrogen-bond acceptors (Lipinski definition) is 10. The van der Waals surface area contributed by atoms with Crippen LogP contribution in [0.2, 0.25) is 0 Å². The zero-order valence-electron chi connectivity index (χ0n) is 21.6. The van der Waals surface area contributed by atoms with E-state index in [9.17, 15) is 37.8 Å². The first-order valence-corrected chi connectivity index (χ1v) is 12.5. The monoisotopic (exact) mass is 542 g/mol. The molecule has 0 bridgehead atoms. The van der Waals surface area contributed by atoms with Crippen molar-refractivity contribution < 1.29 is 56.0 Å². The van der Waals surface area contributed by atoms with Gasteiger partial charge < -0.3 is 29.9 Å². The van der Waals surface area contributed by atoms with Gasteiger partial charge in [0.25, 0.3) is 0 Å². The van der Waals surface area contributed by atoms with Gasteiger partial charge in [-0.05, 0) is 54.6 Å². The SMILES string of the molecule is CCC(CC(C)(OC(C(=O)O)C(C)C(=O)O)C(=O)OCCN(C)C)C(=O)NC(C)(C)COS(=O)(=O)O. The highest BCUT2D eigenvalue weighted by Crippen LogP contribution is 2.29. The molecule has 0 aromatic rings. The standard InChI is InChI=1S/C21H38N2O12S/c1-8-14(16(24)22-20(3,4)12-34-36(30,31)32)11-21(5,19(29)33-10-9-23(6)7)35-15(18(27)28)13(2)17(25)26/h13-15H,8-12H2,1-7H3,(H,22,24)(H,25,26)(H,27,28)(H,30,31,32). The smallest absolute Gasteiger partial charge is 0.397 e. The number of hydrogen-bond donors (Lipinski definition) is 4. The number of carbonyl (C=O) groups excluding carboxylic acids is 2. The molecule has 0 fully saturated rings. The molecule has 0 heterocycles. The van der Waals surface area contributed by atoms with Crippen molar-refractivity contribution in [3.8, 4) is 0 Å². The first kappa shape index (κ1) is 33.7. The minimum Gasteiger partial charge on any atom is -0.481 e. The lowest BCUT2D eigenvalue weighted by atomic mass is 9.87. The summed E-state index contributed by atoms with van der Waals surface area (Å²) in [6.45, 7) is 6.50. The van der Waals surface area contributed by atoms with Crippen molar-refractivity contribution in [1.82, 2.24) is 10.2 Å². The molecule has 0 saturated carbocycles. The summed E-state index contributed by atoms with van der Waals surface area (Å²) in [7, 11) is -1.27. The Labute approximate surface area is 211 Å². The van der Waals surface area contributed by atoms with Gasteiger partial charge in [-0.1, -0.05) is 6.92 Å². The molecular formula is C21H38N2O12S.